The molecular weight excluding hydrogens is 324 g/mol. The van der Waals surface area contributed by atoms with E-state index < -0.39 is 33.5 Å². The predicted molar refractivity (Wildman–Crippen MR) is 83.5 cm³/mol. The molecule has 0 spiro atoms. The molecule has 0 aliphatic rings. The van der Waals surface area contributed by atoms with Crippen LogP contribution in [0.5, 0.6) is 0 Å². The molecule has 23 heavy (non-hydrogen) atoms. The van der Waals surface area contributed by atoms with Crippen LogP contribution in [-0.4, -0.2) is 42.8 Å². The molecular formula is C14H20N2O6S. The van der Waals surface area contributed by atoms with Gasteiger partial charge in [0.1, 0.15) is 6.54 Å². The van der Waals surface area contributed by atoms with E-state index in [9.17, 15) is 23.3 Å². The lowest BCUT2D eigenvalue weighted by Gasteiger charge is -2.25. The molecule has 0 fully saturated rings. The number of hydrogen-bond donors (Lipinski definition) is 0. The summed E-state index contributed by atoms with van der Waals surface area (Å²) >= 11 is 0. The van der Waals surface area contributed by atoms with Crippen molar-refractivity contribution < 1.29 is 22.9 Å². The van der Waals surface area contributed by atoms with Gasteiger partial charge < -0.3 is 4.74 Å². The summed E-state index contributed by atoms with van der Waals surface area (Å²) in [6, 6.07) is 3.10. The molecule has 0 aliphatic heterocycles. The molecule has 8 nitrogen and oxygen atoms in total. The normalized spacial score (nSPS) is 11.7. The van der Waals surface area contributed by atoms with Crippen molar-refractivity contribution in [2.75, 3.05) is 13.2 Å². The highest BCUT2D eigenvalue weighted by Gasteiger charge is 2.31. The molecule has 0 unspecified atom stereocenters. The molecule has 1 rings (SSSR count). The molecule has 0 bridgehead atoms. The van der Waals surface area contributed by atoms with Gasteiger partial charge in [0.15, 0.2) is 0 Å². The van der Waals surface area contributed by atoms with E-state index in [0.29, 0.717) is 5.56 Å². The number of esters is 1. The van der Waals surface area contributed by atoms with E-state index >= 15 is 0 Å². The van der Waals surface area contributed by atoms with Crippen molar-refractivity contribution in [1.82, 2.24) is 4.31 Å². The molecule has 0 saturated heterocycles. The fraction of sp³-hybridized carbons (Fsp3) is 0.500. The van der Waals surface area contributed by atoms with Crippen molar-refractivity contribution in [2.24, 2.45) is 0 Å². The number of nitro benzene ring substituents is 1. The van der Waals surface area contributed by atoms with Crippen molar-refractivity contribution >= 4 is 21.7 Å². The van der Waals surface area contributed by atoms with Crippen molar-refractivity contribution in [3.05, 3.63) is 33.9 Å². The summed E-state index contributed by atoms with van der Waals surface area (Å²) < 4.78 is 31.4. The highest BCUT2D eigenvalue weighted by atomic mass is 32.2. The Hall–Kier alpha value is -2.00. The largest absolute Gasteiger partial charge is 0.465 e. The Morgan fingerprint density at radius 2 is 2.00 bits per heavy atom. The Morgan fingerprint density at radius 3 is 2.48 bits per heavy atom. The molecule has 128 valence electrons. The highest BCUT2D eigenvalue weighted by molar-refractivity contribution is 7.89. The number of nitro groups is 1. The predicted octanol–water partition coefficient (Wildman–Crippen LogP) is 1.87. The molecule has 0 saturated carbocycles. The van der Waals surface area contributed by atoms with Crippen LogP contribution in [0.25, 0.3) is 0 Å². The van der Waals surface area contributed by atoms with Gasteiger partial charge in [0.25, 0.3) is 5.69 Å². The van der Waals surface area contributed by atoms with E-state index in [1.807, 2.05) is 0 Å². The number of carbonyl (C=O) groups is 1. The smallest absolute Gasteiger partial charge is 0.321 e. The van der Waals surface area contributed by atoms with Crippen molar-refractivity contribution in [3.8, 4) is 0 Å². The fourth-order valence-electron chi connectivity index (χ4n) is 1.99. The van der Waals surface area contributed by atoms with E-state index in [1.54, 1.807) is 27.7 Å². The third-order valence-corrected chi connectivity index (χ3v) is 5.30. The average molecular weight is 344 g/mol. The second-order valence-electron chi connectivity index (χ2n) is 5.16. The monoisotopic (exact) mass is 344 g/mol. The van der Waals surface area contributed by atoms with Crippen LogP contribution in [0.1, 0.15) is 26.3 Å². The van der Waals surface area contributed by atoms with E-state index in [0.717, 1.165) is 10.4 Å². The molecule has 0 aliphatic carbocycles. The van der Waals surface area contributed by atoms with Gasteiger partial charge in [-0.15, -0.1) is 0 Å². The molecule has 9 heteroatoms. The zero-order valence-corrected chi connectivity index (χ0v) is 14.3. The standard InChI is InChI=1S/C14H20N2O6S/c1-5-22-14(17)9-15(10(2)3)23(20,21)13-8-12(16(18)19)7-6-11(13)4/h6-8,10H,5,9H2,1-4H3. The number of carbonyl (C=O) groups excluding carboxylic acids is 1. The quantitative estimate of drug-likeness (QED) is 0.424. The van der Waals surface area contributed by atoms with Gasteiger partial charge in [0.2, 0.25) is 10.0 Å². The number of ether oxygens (including phenoxy) is 1. The fourth-order valence-corrected chi connectivity index (χ4v) is 3.81. The van der Waals surface area contributed by atoms with Crippen molar-refractivity contribution in [2.45, 2.75) is 38.6 Å². The van der Waals surface area contributed by atoms with Gasteiger partial charge in [-0.2, -0.15) is 4.31 Å². The number of non-ortho nitro benzene ring substituents is 1. The average Bonchev–Trinajstić information content (AvgIpc) is 2.44. The minimum Gasteiger partial charge on any atom is -0.465 e. The van der Waals surface area contributed by atoms with Gasteiger partial charge in [-0.1, -0.05) is 6.07 Å². The maximum atomic E-state index is 12.8. The molecule has 0 aromatic heterocycles. The lowest BCUT2D eigenvalue weighted by molar-refractivity contribution is -0.385. The Bertz CT molecular complexity index is 699. The molecule has 0 heterocycles. The molecule has 1 aromatic rings. The van der Waals surface area contributed by atoms with E-state index in [-0.39, 0.29) is 17.2 Å². The van der Waals surface area contributed by atoms with Gasteiger partial charge in [-0.3, -0.25) is 14.9 Å². The topological polar surface area (TPSA) is 107 Å². The van der Waals surface area contributed by atoms with Gasteiger partial charge in [0, 0.05) is 18.2 Å². The summed E-state index contributed by atoms with van der Waals surface area (Å²) in [5.41, 5.74) is 0.0409. The molecule has 0 radical (unpaired) electrons. The van der Waals surface area contributed by atoms with Gasteiger partial charge in [0.05, 0.1) is 16.4 Å². The van der Waals surface area contributed by atoms with E-state index in [2.05, 4.69) is 0 Å². The minimum absolute atomic E-state index is 0.140. The summed E-state index contributed by atoms with van der Waals surface area (Å²) in [6.45, 7) is 6.08. The Morgan fingerprint density at radius 1 is 1.39 bits per heavy atom. The molecule has 0 N–H and O–H groups in total. The number of hydrogen-bond acceptors (Lipinski definition) is 6. The van der Waals surface area contributed by atoms with Crippen LogP contribution in [-0.2, 0) is 19.6 Å². The number of rotatable bonds is 7. The van der Waals surface area contributed by atoms with E-state index in [4.69, 9.17) is 4.74 Å². The van der Waals surface area contributed by atoms with E-state index in [1.165, 1.54) is 12.1 Å². The summed E-state index contributed by atoms with van der Waals surface area (Å²) in [5.74, 6) is -0.673. The first-order valence-electron chi connectivity index (χ1n) is 7.03. The van der Waals surface area contributed by atoms with Crippen LogP contribution in [0.3, 0.4) is 0 Å². The van der Waals surface area contributed by atoms with Crippen LogP contribution in [0.2, 0.25) is 0 Å². The summed E-state index contributed by atoms with van der Waals surface area (Å²) in [4.78, 5) is 21.7. The van der Waals surface area contributed by atoms with Crippen LogP contribution in [0.4, 0.5) is 5.69 Å². The summed E-state index contributed by atoms with van der Waals surface area (Å²) in [5, 5.41) is 10.9. The van der Waals surface area contributed by atoms with Crippen molar-refractivity contribution in [3.63, 3.8) is 0 Å². The Kier molecular flexibility index (Phi) is 6.22. The maximum Gasteiger partial charge on any atom is 0.321 e. The Labute approximate surface area is 135 Å². The molecule has 1 aromatic carbocycles. The number of aryl methyl sites for hydroxylation is 1. The number of sulfonamides is 1. The first-order chi connectivity index (χ1) is 10.6. The minimum atomic E-state index is -4.07. The van der Waals surface area contributed by atoms with Crippen LogP contribution in [0, 0.1) is 17.0 Å². The second-order valence-corrected chi connectivity index (χ2v) is 7.01. The number of nitrogens with zero attached hydrogens (tertiary/aromatic N) is 2. The van der Waals surface area contributed by atoms with Crippen molar-refractivity contribution in [1.29, 1.82) is 0 Å². The SMILES string of the molecule is CCOC(=O)CN(C(C)C)S(=O)(=O)c1cc([N+](=O)[O-])ccc1C. The molecule has 0 atom stereocenters. The van der Waals surface area contributed by atoms with Gasteiger partial charge in [-0.25, -0.2) is 8.42 Å². The number of benzene rings is 1. The maximum absolute atomic E-state index is 12.8. The van der Waals surface area contributed by atoms with Crippen LogP contribution < -0.4 is 0 Å². The lowest BCUT2D eigenvalue weighted by Crippen LogP contribution is -2.41. The molecule has 0 amide bonds. The third kappa shape index (κ3) is 4.49. The highest BCUT2D eigenvalue weighted by Crippen LogP contribution is 2.26. The van der Waals surface area contributed by atoms with Gasteiger partial charge >= 0.3 is 5.97 Å². The second kappa shape index (κ2) is 7.51. The van der Waals surface area contributed by atoms with Crippen LogP contribution >= 0.6 is 0 Å². The third-order valence-electron chi connectivity index (χ3n) is 3.14. The first-order valence-corrected chi connectivity index (χ1v) is 8.47. The first kappa shape index (κ1) is 19.0. The zero-order chi connectivity index (χ0) is 17.8. The Balaban J connectivity index is 3.33. The summed E-state index contributed by atoms with van der Waals surface area (Å²) in [7, 11) is -4.07. The zero-order valence-electron chi connectivity index (χ0n) is 13.5. The van der Waals surface area contributed by atoms with Crippen LogP contribution in [0.15, 0.2) is 23.1 Å². The van der Waals surface area contributed by atoms with Gasteiger partial charge in [-0.05, 0) is 33.3 Å². The lowest BCUT2D eigenvalue weighted by atomic mass is 10.2. The summed E-state index contributed by atoms with van der Waals surface area (Å²) in [6.07, 6.45) is 0.